The highest BCUT2D eigenvalue weighted by atomic mass is 16.5. The summed E-state index contributed by atoms with van der Waals surface area (Å²) in [4.78, 5) is 26.6. The molecule has 3 aromatic rings. The van der Waals surface area contributed by atoms with E-state index in [0.29, 0.717) is 6.42 Å². The summed E-state index contributed by atoms with van der Waals surface area (Å²) in [7, 11) is 1.61. The van der Waals surface area contributed by atoms with Gasteiger partial charge in [0, 0.05) is 23.0 Å². The number of aromatic amines is 1. The maximum absolute atomic E-state index is 12.2. The van der Waals surface area contributed by atoms with Crippen LogP contribution >= 0.6 is 0 Å². The molecule has 0 saturated heterocycles. The van der Waals surface area contributed by atoms with Gasteiger partial charge in [-0.05, 0) is 54.8 Å². The van der Waals surface area contributed by atoms with Crippen LogP contribution < -0.4 is 10.1 Å². The van der Waals surface area contributed by atoms with Crippen LogP contribution in [0.15, 0.2) is 48.5 Å². The second-order valence-corrected chi connectivity index (χ2v) is 7.11. The third kappa shape index (κ3) is 4.57. The number of carbonyl (C=O) groups is 2. The van der Waals surface area contributed by atoms with Gasteiger partial charge in [0.05, 0.1) is 13.7 Å². The lowest BCUT2D eigenvalue weighted by molar-refractivity contribution is -0.156. The number of carboxylic acid groups (broad SMARTS) is 1. The van der Waals surface area contributed by atoms with Gasteiger partial charge < -0.3 is 25.3 Å². The number of H-pyrrole nitrogens is 1. The molecule has 1 unspecified atom stereocenters. The summed E-state index contributed by atoms with van der Waals surface area (Å²) >= 11 is 0. The zero-order valence-corrected chi connectivity index (χ0v) is 16.4. The Kier molecular flexibility index (Phi) is 5.89. The molecule has 3 rings (SSSR count). The maximum Gasteiger partial charge on any atom is 0.337 e. The van der Waals surface area contributed by atoms with Crippen molar-refractivity contribution >= 4 is 22.8 Å². The normalized spacial score (nSPS) is 13.1. The van der Waals surface area contributed by atoms with Crippen molar-refractivity contribution < 1.29 is 24.5 Å². The van der Waals surface area contributed by atoms with E-state index >= 15 is 0 Å². The fourth-order valence-electron chi connectivity index (χ4n) is 3.14. The predicted molar refractivity (Wildman–Crippen MR) is 110 cm³/mol. The molecule has 0 radical (unpaired) electrons. The number of para-hydroxylation sites is 1. The second-order valence-electron chi connectivity index (χ2n) is 7.11. The number of carbonyl (C=O) groups excluding carboxylic acids is 1. The van der Waals surface area contributed by atoms with E-state index in [9.17, 15) is 14.7 Å². The molecule has 0 saturated carbocycles. The Morgan fingerprint density at radius 2 is 1.83 bits per heavy atom. The summed E-state index contributed by atoms with van der Waals surface area (Å²) in [5.74, 6) is -0.940. The van der Waals surface area contributed by atoms with Crippen LogP contribution in [0.3, 0.4) is 0 Å². The van der Waals surface area contributed by atoms with Gasteiger partial charge in [-0.2, -0.15) is 0 Å². The Morgan fingerprint density at radius 1 is 1.14 bits per heavy atom. The molecule has 0 aliphatic carbocycles. The van der Waals surface area contributed by atoms with Gasteiger partial charge in [-0.3, -0.25) is 4.79 Å². The van der Waals surface area contributed by atoms with Crippen LogP contribution in [0.25, 0.3) is 22.2 Å². The molecular weight excluding hydrogens is 372 g/mol. The molecule has 29 heavy (non-hydrogen) atoms. The van der Waals surface area contributed by atoms with Crippen molar-refractivity contribution in [2.24, 2.45) is 0 Å². The molecule has 7 nitrogen and oxygen atoms in total. The minimum absolute atomic E-state index is 0.167. The number of ether oxygens (including phenoxy) is 1. The van der Waals surface area contributed by atoms with Crippen LogP contribution in [0, 0.1) is 0 Å². The van der Waals surface area contributed by atoms with Crippen molar-refractivity contribution in [3.63, 3.8) is 0 Å². The van der Waals surface area contributed by atoms with E-state index in [0.717, 1.165) is 40.4 Å². The Morgan fingerprint density at radius 3 is 2.48 bits per heavy atom. The topological polar surface area (TPSA) is 112 Å². The standard InChI is InChI=1S/C22H24N2O5/c1-22(28,21(26)27)13-23-19(25)12-11-17-16-5-3-4-6-18(16)24-20(17)14-7-9-15(29-2)10-8-14/h3-10,24,28H,11-13H2,1-2H3,(H,23,25)(H,26,27). The number of rotatable bonds is 8. The Balaban J connectivity index is 1.81. The number of hydrogen-bond donors (Lipinski definition) is 4. The number of carboxylic acids is 1. The van der Waals surface area contributed by atoms with Gasteiger partial charge in [0.1, 0.15) is 5.75 Å². The third-order valence-electron chi connectivity index (χ3n) is 4.88. The van der Waals surface area contributed by atoms with Crippen LogP contribution in [-0.2, 0) is 16.0 Å². The van der Waals surface area contributed by atoms with Gasteiger partial charge in [-0.1, -0.05) is 18.2 Å². The van der Waals surface area contributed by atoms with Crippen molar-refractivity contribution in [1.29, 1.82) is 0 Å². The lowest BCUT2D eigenvalue weighted by Gasteiger charge is -2.18. The molecule has 1 heterocycles. The van der Waals surface area contributed by atoms with Crippen LogP contribution in [0.4, 0.5) is 0 Å². The second kappa shape index (κ2) is 8.36. The molecule has 1 amide bonds. The number of methoxy groups -OCH3 is 1. The summed E-state index contributed by atoms with van der Waals surface area (Å²) in [6, 6.07) is 15.5. The predicted octanol–water partition coefficient (Wildman–Crippen LogP) is 2.73. The highest BCUT2D eigenvalue weighted by molar-refractivity contribution is 5.91. The smallest absolute Gasteiger partial charge is 0.337 e. The summed E-state index contributed by atoms with van der Waals surface area (Å²) in [6.45, 7) is 0.803. The first-order valence-corrected chi connectivity index (χ1v) is 9.28. The molecular formula is C22H24N2O5. The van der Waals surface area contributed by atoms with E-state index in [1.54, 1.807) is 7.11 Å². The fourth-order valence-corrected chi connectivity index (χ4v) is 3.14. The van der Waals surface area contributed by atoms with Crippen molar-refractivity contribution in [2.45, 2.75) is 25.4 Å². The largest absolute Gasteiger partial charge is 0.497 e. The summed E-state index contributed by atoms with van der Waals surface area (Å²) < 4.78 is 5.22. The van der Waals surface area contributed by atoms with Crippen molar-refractivity contribution in [3.8, 4) is 17.0 Å². The van der Waals surface area contributed by atoms with Gasteiger partial charge in [0.15, 0.2) is 5.60 Å². The first-order chi connectivity index (χ1) is 13.8. The average molecular weight is 396 g/mol. The van der Waals surface area contributed by atoms with Gasteiger partial charge in [-0.15, -0.1) is 0 Å². The average Bonchev–Trinajstić information content (AvgIpc) is 3.09. The van der Waals surface area contributed by atoms with Crippen molar-refractivity contribution in [1.82, 2.24) is 10.3 Å². The van der Waals surface area contributed by atoms with E-state index in [2.05, 4.69) is 10.3 Å². The zero-order valence-electron chi connectivity index (χ0n) is 16.4. The minimum Gasteiger partial charge on any atom is -0.497 e. The molecule has 4 N–H and O–H groups in total. The van der Waals surface area contributed by atoms with Crippen LogP contribution in [0.5, 0.6) is 5.75 Å². The Hall–Kier alpha value is -3.32. The molecule has 2 aromatic carbocycles. The third-order valence-corrected chi connectivity index (χ3v) is 4.88. The minimum atomic E-state index is -2.00. The molecule has 152 valence electrons. The number of aliphatic hydroxyl groups is 1. The monoisotopic (exact) mass is 396 g/mol. The molecule has 1 atom stereocenters. The summed E-state index contributed by atoms with van der Waals surface area (Å²) in [5.41, 5.74) is 1.89. The molecule has 7 heteroatoms. The number of benzene rings is 2. The number of hydrogen-bond acceptors (Lipinski definition) is 4. The van der Waals surface area contributed by atoms with Crippen LogP contribution in [0.1, 0.15) is 18.9 Å². The molecule has 0 spiro atoms. The molecule has 0 aliphatic rings. The number of aryl methyl sites for hydroxylation is 1. The lowest BCUT2D eigenvalue weighted by atomic mass is 10.0. The number of amides is 1. The van der Waals surface area contributed by atoms with Crippen LogP contribution in [-0.4, -0.2) is 46.3 Å². The number of nitrogens with one attached hydrogen (secondary N) is 2. The van der Waals surface area contributed by atoms with E-state index in [1.807, 2.05) is 48.5 Å². The van der Waals surface area contributed by atoms with Crippen molar-refractivity contribution in [2.75, 3.05) is 13.7 Å². The Bertz CT molecular complexity index is 1020. The van der Waals surface area contributed by atoms with Crippen LogP contribution in [0.2, 0.25) is 0 Å². The zero-order chi connectivity index (χ0) is 21.0. The molecule has 0 bridgehead atoms. The Labute approximate surface area is 168 Å². The fraction of sp³-hybridized carbons (Fsp3) is 0.273. The van der Waals surface area contributed by atoms with Gasteiger partial charge in [0.25, 0.3) is 0 Å². The van der Waals surface area contributed by atoms with Crippen molar-refractivity contribution in [3.05, 3.63) is 54.1 Å². The lowest BCUT2D eigenvalue weighted by Crippen LogP contribution is -2.46. The molecule has 0 fully saturated rings. The first kappa shape index (κ1) is 20.4. The highest BCUT2D eigenvalue weighted by Gasteiger charge is 2.30. The first-order valence-electron chi connectivity index (χ1n) is 9.28. The van der Waals surface area contributed by atoms with Gasteiger partial charge in [-0.25, -0.2) is 4.79 Å². The van der Waals surface area contributed by atoms with Gasteiger partial charge >= 0.3 is 5.97 Å². The van der Waals surface area contributed by atoms with E-state index in [4.69, 9.17) is 9.84 Å². The summed E-state index contributed by atoms with van der Waals surface area (Å²) in [6.07, 6.45) is 0.632. The summed E-state index contributed by atoms with van der Waals surface area (Å²) in [5, 5.41) is 22.2. The number of aromatic nitrogens is 1. The maximum atomic E-state index is 12.2. The van der Waals surface area contributed by atoms with E-state index in [-0.39, 0.29) is 18.9 Å². The van der Waals surface area contributed by atoms with E-state index < -0.39 is 11.6 Å². The highest BCUT2D eigenvalue weighted by Crippen LogP contribution is 2.32. The molecule has 0 aliphatic heterocycles. The number of aliphatic carboxylic acids is 1. The quantitative estimate of drug-likeness (QED) is 0.468. The van der Waals surface area contributed by atoms with Gasteiger partial charge in [0.2, 0.25) is 5.91 Å². The molecule has 1 aromatic heterocycles. The number of fused-ring (bicyclic) bond motifs is 1. The van der Waals surface area contributed by atoms with E-state index in [1.165, 1.54) is 0 Å². The SMILES string of the molecule is COc1ccc(-c2[nH]c3ccccc3c2CCC(=O)NCC(C)(O)C(=O)O)cc1.